The van der Waals surface area contributed by atoms with Gasteiger partial charge in [-0.25, -0.2) is 9.78 Å². The van der Waals surface area contributed by atoms with E-state index in [1.165, 1.54) is 31.3 Å². The summed E-state index contributed by atoms with van der Waals surface area (Å²) < 4.78 is 5.48. The van der Waals surface area contributed by atoms with Crippen molar-refractivity contribution in [2.75, 3.05) is 0 Å². The van der Waals surface area contributed by atoms with Gasteiger partial charge in [0.25, 0.3) is 5.69 Å². The van der Waals surface area contributed by atoms with Crippen LogP contribution < -0.4 is 4.74 Å². The SMILES string of the molecule is Cc1ccnc(Oc2cccc([N+](=O)[O-])c2C)c1C(=O)O. The van der Waals surface area contributed by atoms with E-state index in [-0.39, 0.29) is 22.9 Å². The van der Waals surface area contributed by atoms with Crippen molar-refractivity contribution < 1.29 is 19.6 Å². The van der Waals surface area contributed by atoms with Gasteiger partial charge in [0.15, 0.2) is 0 Å². The fraction of sp³-hybridized carbons (Fsp3) is 0.143. The van der Waals surface area contributed by atoms with E-state index < -0.39 is 10.9 Å². The van der Waals surface area contributed by atoms with Crippen LogP contribution in [-0.2, 0) is 0 Å². The first kappa shape index (κ1) is 14.4. The normalized spacial score (nSPS) is 10.2. The van der Waals surface area contributed by atoms with Crippen LogP contribution in [0.25, 0.3) is 0 Å². The Bertz CT molecular complexity index is 727. The molecule has 7 nitrogen and oxygen atoms in total. The number of aromatic carboxylic acids is 1. The van der Waals surface area contributed by atoms with E-state index in [1.807, 2.05) is 0 Å². The smallest absolute Gasteiger partial charge is 0.341 e. The molecule has 1 aromatic carbocycles. The van der Waals surface area contributed by atoms with Crippen LogP contribution in [0.3, 0.4) is 0 Å². The van der Waals surface area contributed by atoms with Crippen molar-refractivity contribution in [1.82, 2.24) is 4.98 Å². The molecule has 0 aliphatic carbocycles. The molecular weight excluding hydrogens is 276 g/mol. The lowest BCUT2D eigenvalue weighted by atomic mass is 10.1. The predicted molar refractivity (Wildman–Crippen MR) is 73.8 cm³/mol. The second kappa shape index (κ2) is 5.58. The zero-order valence-electron chi connectivity index (χ0n) is 11.4. The van der Waals surface area contributed by atoms with Gasteiger partial charge in [0, 0.05) is 12.3 Å². The van der Waals surface area contributed by atoms with Crippen LogP contribution in [0.2, 0.25) is 0 Å². The number of nitro groups is 1. The third-order valence-corrected chi connectivity index (χ3v) is 3.00. The Balaban J connectivity index is 2.49. The van der Waals surface area contributed by atoms with Crippen molar-refractivity contribution in [2.24, 2.45) is 0 Å². The molecule has 0 amide bonds. The minimum atomic E-state index is -1.17. The van der Waals surface area contributed by atoms with E-state index >= 15 is 0 Å². The first-order chi connectivity index (χ1) is 9.91. The first-order valence-electron chi connectivity index (χ1n) is 6.02. The van der Waals surface area contributed by atoms with E-state index in [1.54, 1.807) is 13.0 Å². The Labute approximate surface area is 120 Å². The summed E-state index contributed by atoms with van der Waals surface area (Å²) in [5, 5.41) is 20.1. The van der Waals surface area contributed by atoms with Crippen molar-refractivity contribution in [1.29, 1.82) is 0 Å². The third kappa shape index (κ3) is 2.81. The predicted octanol–water partition coefficient (Wildman–Crippen LogP) is 3.10. The van der Waals surface area contributed by atoms with Crippen LogP contribution in [0.4, 0.5) is 5.69 Å². The molecule has 0 spiro atoms. The van der Waals surface area contributed by atoms with Crippen molar-refractivity contribution in [3.63, 3.8) is 0 Å². The molecule has 0 atom stereocenters. The number of hydrogen-bond donors (Lipinski definition) is 1. The molecule has 2 rings (SSSR count). The molecule has 0 radical (unpaired) electrons. The fourth-order valence-electron chi connectivity index (χ4n) is 1.89. The first-order valence-corrected chi connectivity index (χ1v) is 6.02. The minimum absolute atomic E-state index is 0.0663. The molecule has 0 fully saturated rings. The van der Waals surface area contributed by atoms with Gasteiger partial charge in [-0.05, 0) is 31.5 Å². The molecule has 0 aliphatic rings. The van der Waals surface area contributed by atoms with Crippen molar-refractivity contribution in [3.05, 3.63) is 57.3 Å². The van der Waals surface area contributed by atoms with E-state index in [9.17, 15) is 20.0 Å². The molecule has 1 aromatic heterocycles. The lowest BCUT2D eigenvalue weighted by molar-refractivity contribution is -0.385. The monoisotopic (exact) mass is 288 g/mol. The maximum Gasteiger partial charge on any atom is 0.341 e. The van der Waals surface area contributed by atoms with Gasteiger partial charge in [-0.3, -0.25) is 10.1 Å². The van der Waals surface area contributed by atoms with E-state index in [0.29, 0.717) is 11.1 Å². The van der Waals surface area contributed by atoms with Crippen LogP contribution in [0.1, 0.15) is 21.5 Å². The number of aromatic nitrogens is 1. The quantitative estimate of drug-likeness (QED) is 0.685. The summed E-state index contributed by atoms with van der Waals surface area (Å²) in [5.41, 5.74) is 0.637. The molecule has 7 heteroatoms. The van der Waals surface area contributed by atoms with Gasteiger partial charge in [-0.15, -0.1) is 0 Å². The minimum Gasteiger partial charge on any atom is -0.477 e. The Morgan fingerprint density at radius 3 is 2.67 bits per heavy atom. The van der Waals surface area contributed by atoms with Gasteiger partial charge in [-0.1, -0.05) is 6.07 Å². The Morgan fingerprint density at radius 2 is 2.05 bits per heavy atom. The fourth-order valence-corrected chi connectivity index (χ4v) is 1.89. The highest BCUT2D eigenvalue weighted by Crippen LogP contribution is 2.32. The number of nitrogens with zero attached hydrogens (tertiary/aromatic N) is 2. The summed E-state index contributed by atoms with van der Waals surface area (Å²) in [4.78, 5) is 25.5. The van der Waals surface area contributed by atoms with Crippen LogP contribution >= 0.6 is 0 Å². The standard InChI is InChI=1S/C14H12N2O5/c1-8-6-7-15-13(12(8)14(17)18)21-11-5-3-4-10(9(11)2)16(19)20/h3-7H,1-2H3,(H,17,18). The Hall–Kier alpha value is -2.96. The molecular formula is C14H12N2O5. The lowest BCUT2D eigenvalue weighted by Gasteiger charge is -2.11. The molecule has 21 heavy (non-hydrogen) atoms. The summed E-state index contributed by atoms with van der Waals surface area (Å²) in [5.74, 6) is -1.06. The summed E-state index contributed by atoms with van der Waals surface area (Å²) in [6.07, 6.45) is 1.42. The van der Waals surface area contributed by atoms with Crippen LogP contribution in [-0.4, -0.2) is 21.0 Å². The molecule has 2 aromatic rings. The summed E-state index contributed by atoms with van der Waals surface area (Å²) in [7, 11) is 0. The number of carbonyl (C=O) groups is 1. The van der Waals surface area contributed by atoms with Gasteiger partial charge in [0.1, 0.15) is 11.3 Å². The number of ether oxygens (including phenoxy) is 1. The highest BCUT2D eigenvalue weighted by Gasteiger charge is 2.19. The number of carboxylic acids is 1. The number of benzene rings is 1. The molecule has 1 N–H and O–H groups in total. The molecule has 0 bridgehead atoms. The maximum absolute atomic E-state index is 11.3. The summed E-state index contributed by atoms with van der Waals surface area (Å²) in [6.45, 7) is 3.15. The zero-order valence-corrected chi connectivity index (χ0v) is 11.4. The molecule has 0 aliphatic heterocycles. The Morgan fingerprint density at radius 1 is 1.33 bits per heavy atom. The number of pyridine rings is 1. The second-order valence-corrected chi connectivity index (χ2v) is 4.37. The Kier molecular flexibility index (Phi) is 3.84. The molecule has 0 saturated carbocycles. The molecule has 1 heterocycles. The number of hydrogen-bond acceptors (Lipinski definition) is 5. The number of aryl methyl sites for hydroxylation is 1. The molecule has 0 saturated heterocycles. The summed E-state index contributed by atoms with van der Waals surface area (Å²) in [6, 6.07) is 5.90. The second-order valence-electron chi connectivity index (χ2n) is 4.37. The zero-order chi connectivity index (χ0) is 15.6. The maximum atomic E-state index is 11.3. The highest BCUT2D eigenvalue weighted by molar-refractivity contribution is 5.91. The van der Waals surface area contributed by atoms with Crippen molar-refractivity contribution in [2.45, 2.75) is 13.8 Å². The largest absolute Gasteiger partial charge is 0.477 e. The van der Waals surface area contributed by atoms with Gasteiger partial charge in [0.05, 0.1) is 10.5 Å². The van der Waals surface area contributed by atoms with E-state index in [0.717, 1.165) is 0 Å². The van der Waals surface area contributed by atoms with E-state index in [4.69, 9.17) is 4.74 Å². The highest BCUT2D eigenvalue weighted by atomic mass is 16.6. The average molecular weight is 288 g/mol. The number of carboxylic acid groups (broad SMARTS) is 1. The van der Waals surface area contributed by atoms with Crippen molar-refractivity contribution >= 4 is 11.7 Å². The lowest BCUT2D eigenvalue weighted by Crippen LogP contribution is -2.05. The third-order valence-electron chi connectivity index (χ3n) is 3.00. The van der Waals surface area contributed by atoms with Gasteiger partial charge in [0.2, 0.25) is 5.88 Å². The topological polar surface area (TPSA) is 103 Å². The van der Waals surface area contributed by atoms with Crippen LogP contribution in [0.15, 0.2) is 30.5 Å². The summed E-state index contributed by atoms with van der Waals surface area (Å²) >= 11 is 0. The molecule has 108 valence electrons. The van der Waals surface area contributed by atoms with Crippen molar-refractivity contribution in [3.8, 4) is 11.6 Å². The number of nitro benzene ring substituents is 1. The average Bonchev–Trinajstić information content (AvgIpc) is 2.40. The van der Waals surface area contributed by atoms with Gasteiger partial charge >= 0.3 is 5.97 Å². The van der Waals surface area contributed by atoms with Gasteiger partial charge < -0.3 is 9.84 Å². The van der Waals surface area contributed by atoms with Gasteiger partial charge in [-0.2, -0.15) is 0 Å². The number of rotatable bonds is 4. The van der Waals surface area contributed by atoms with Crippen LogP contribution in [0, 0.1) is 24.0 Å². The van der Waals surface area contributed by atoms with Crippen LogP contribution in [0.5, 0.6) is 11.6 Å². The molecule has 0 unspecified atom stereocenters. The van der Waals surface area contributed by atoms with E-state index in [2.05, 4.69) is 4.98 Å².